The summed E-state index contributed by atoms with van der Waals surface area (Å²) in [4.78, 5) is 13.9. The van der Waals surface area contributed by atoms with Crippen molar-refractivity contribution in [2.45, 2.75) is 25.3 Å². The van der Waals surface area contributed by atoms with Crippen molar-refractivity contribution in [2.75, 3.05) is 34.3 Å². The standard InChI is InChI=1S/C11H22N2O2/c1-11(13(2)3,10(14)15-4)9-5-7-12-8-6-9/h9,12H,5-8H2,1-4H3. The number of rotatable bonds is 3. The highest BCUT2D eigenvalue weighted by molar-refractivity contribution is 5.80. The predicted octanol–water partition coefficient (Wildman–Crippen LogP) is 0.479. The van der Waals surface area contributed by atoms with Gasteiger partial charge in [0.1, 0.15) is 5.54 Å². The Labute approximate surface area is 92.0 Å². The van der Waals surface area contributed by atoms with E-state index in [2.05, 4.69) is 5.32 Å². The molecule has 1 aliphatic rings. The Hall–Kier alpha value is -0.610. The fraction of sp³-hybridized carbons (Fsp3) is 0.909. The molecule has 15 heavy (non-hydrogen) atoms. The van der Waals surface area contributed by atoms with Crippen molar-refractivity contribution in [1.29, 1.82) is 0 Å². The van der Waals surface area contributed by atoms with E-state index >= 15 is 0 Å². The van der Waals surface area contributed by atoms with Crippen LogP contribution in [0.2, 0.25) is 0 Å². The second-order valence-electron chi connectivity index (χ2n) is 4.56. The molecule has 4 nitrogen and oxygen atoms in total. The molecule has 1 heterocycles. The minimum absolute atomic E-state index is 0.126. The molecule has 0 aromatic rings. The Morgan fingerprint density at radius 3 is 2.33 bits per heavy atom. The number of nitrogens with one attached hydrogen (secondary N) is 1. The van der Waals surface area contributed by atoms with Gasteiger partial charge in [-0.05, 0) is 52.9 Å². The van der Waals surface area contributed by atoms with Crippen LogP contribution in [0.25, 0.3) is 0 Å². The van der Waals surface area contributed by atoms with Crippen LogP contribution in [0.3, 0.4) is 0 Å². The minimum Gasteiger partial charge on any atom is -0.468 e. The number of piperidine rings is 1. The van der Waals surface area contributed by atoms with Crippen molar-refractivity contribution < 1.29 is 9.53 Å². The molecule has 1 saturated heterocycles. The first-order valence-corrected chi connectivity index (χ1v) is 5.50. The van der Waals surface area contributed by atoms with Crippen LogP contribution in [0.5, 0.6) is 0 Å². The van der Waals surface area contributed by atoms with Gasteiger partial charge in [0, 0.05) is 0 Å². The third-order valence-corrected chi connectivity index (χ3v) is 3.66. The van der Waals surface area contributed by atoms with Gasteiger partial charge in [0.25, 0.3) is 0 Å². The predicted molar refractivity (Wildman–Crippen MR) is 59.7 cm³/mol. The average molecular weight is 214 g/mol. The number of likely N-dealkylation sites (N-methyl/N-ethyl adjacent to an activating group) is 1. The molecule has 0 spiro atoms. The number of esters is 1. The highest BCUT2D eigenvalue weighted by atomic mass is 16.5. The van der Waals surface area contributed by atoms with Gasteiger partial charge in [-0.15, -0.1) is 0 Å². The van der Waals surface area contributed by atoms with Gasteiger partial charge in [0.15, 0.2) is 0 Å². The number of methoxy groups -OCH3 is 1. The SMILES string of the molecule is COC(=O)C(C)(C1CCNCC1)N(C)C. The fourth-order valence-electron chi connectivity index (χ4n) is 2.31. The second kappa shape index (κ2) is 4.94. The summed E-state index contributed by atoms with van der Waals surface area (Å²) in [6.07, 6.45) is 2.06. The Bertz CT molecular complexity index is 225. The summed E-state index contributed by atoms with van der Waals surface area (Å²) in [5.41, 5.74) is -0.489. The van der Waals surface area contributed by atoms with E-state index in [-0.39, 0.29) is 5.97 Å². The molecule has 4 heteroatoms. The van der Waals surface area contributed by atoms with Crippen LogP contribution in [0.1, 0.15) is 19.8 Å². The molecule has 0 aromatic carbocycles. The third kappa shape index (κ3) is 2.32. The van der Waals surface area contributed by atoms with E-state index in [1.165, 1.54) is 7.11 Å². The molecule has 0 bridgehead atoms. The van der Waals surface area contributed by atoms with Crippen molar-refractivity contribution in [3.05, 3.63) is 0 Å². The zero-order chi connectivity index (χ0) is 11.5. The Morgan fingerprint density at radius 2 is 1.93 bits per heavy atom. The summed E-state index contributed by atoms with van der Waals surface area (Å²) >= 11 is 0. The normalized spacial score (nSPS) is 22.5. The summed E-state index contributed by atoms with van der Waals surface area (Å²) < 4.78 is 4.93. The van der Waals surface area contributed by atoms with Gasteiger partial charge in [0.2, 0.25) is 0 Å². The number of hydrogen-bond acceptors (Lipinski definition) is 4. The van der Waals surface area contributed by atoms with Crippen LogP contribution >= 0.6 is 0 Å². The van der Waals surface area contributed by atoms with E-state index in [0.29, 0.717) is 5.92 Å². The maximum Gasteiger partial charge on any atom is 0.326 e. The Kier molecular flexibility index (Phi) is 4.11. The lowest BCUT2D eigenvalue weighted by molar-refractivity contribution is -0.157. The topological polar surface area (TPSA) is 41.6 Å². The summed E-state index contributed by atoms with van der Waals surface area (Å²) in [6.45, 7) is 3.96. The Balaban J connectivity index is 2.83. The van der Waals surface area contributed by atoms with Gasteiger partial charge in [-0.1, -0.05) is 0 Å². The van der Waals surface area contributed by atoms with Gasteiger partial charge in [-0.3, -0.25) is 9.69 Å². The summed E-state index contributed by atoms with van der Waals surface area (Å²) in [5.74, 6) is 0.251. The highest BCUT2D eigenvalue weighted by Crippen LogP contribution is 2.30. The third-order valence-electron chi connectivity index (χ3n) is 3.66. The molecule has 0 aliphatic carbocycles. The molecule has 1 rings (SSSR count). The molecule has 1 aliphatic heterocycles. The van der Waals surface area contributed by atoms with Crippen molar-refractivity contribution in [1.82, 2.24) is 10.2 Å². The van der Waals surface area contributed by atoms with E-state index in [4.69, 9.17) is 4.74 Å². The lowest BCUT2D eigenvalue weighted by Gasteiger charge is -2.42. The molecular formula is C11H22N2O2. The molecule has 0 amide bonds. The average Bonchev–Trinajstić information content (AvgIpc) is 2.27. The maximum atomic E-state index is 11.9. The zero-order valence-corrected chi connectivity index (χ0v) is 10.2. The molecule has 1 N–H and O–H groups in total. The quantitative estimate of drug-likeness (QED) is 0.694. The number of carbonyl (C=O) groups is 1. The fourth-order valence-corrected chi connectivity index (χ4v) is 2.31. The van der Waals surface area contributed by atoms with Crippen molar-refractivity contribution in [2.24, 2.45) is 5.92 Å². The first kappa shape index (κ1) is 12.5. The lowest BCUT2D eigenvalue weighted by Crippen LogP contribution is -2.56. The number of nitrogens with zero attached hydrogens (tertiary/aromatic N) is 1. The van der Waals surface area contributed by atoms with Gasteiger partial charge >= 0.3 is 5.97 Å². The smallest absolute Gasteiger partial charge is 0.326 e. The zero-order valence-electron chi connectivity index (χ0n) is 10.2. The summed E-state index contributed by atoms with van der Waals surface area (Å²) in [5, 5.41) is 3.31. The summed E-state index contributed by atoms with van der Waals surface area (Å²) in [6, 6.07) is 0. The van der Waals surface area contributed by atoms with Crippen LogP contribution in [0.15, 0.2) is 0 Å². The number of hydrogen-bond donors (Lipinski definition) is 1. The first-order valence-electron chi connectivity index (χ1n) is 5.50. The van der Waals surface area contributed by atoms with E-state index in [0.717, 1.165) is 25.9 Å². The molecule has 0 saturated carbocycles. The molecule has 1 atom stereocenters. The van der Waals surface area contributed by atoms with Gasteiger partial charge in [0.05, 0.1) is 7.11 Å². The van der Waals surface area contributed by atoms with Crippen molar-refractivity contribution in [3.63, 3.8) is 0 Å². The molecular weight excluding hydrogens is 192 g/mol. The minimum atomic E-state index is -0.489. The van der Waals surface area contributed by atoms with Gasteiger partial charge < -0.3 is 10.1 Å². The van der Waals surface area contributed by atoms with Crippen LogP contribution in [-0.4, -0.2) is 50.7 Å². The van der Waals surface area contributed by atoms with Gasteiger partial charge in [-0.2, -0.15) is 0 Å². The van der Waals surface area contributed by atoms with Crippen molar-refractivity contribution >= 4 is 5.97 Å². The largest absolute Gasteiger partial charge is 0.468 e. The number of carbonyl (C=O) groups excluding carboxylic acids is 1. The van der Waals surface area contributed by atoms with E-state index in [1.807, 2.05) is 25.9 Å². The van der Waals surface area contributed by atoms with E-state index < -0.39 is 5.54 Å². The summed E-state index contributed by atoms with van der Waals surface area (Å²) in [7, 11) is 5.35. The number of ether oxygens (including phenoxy) is 1. The molecule has 0 aromatic heterocycles. The molecule has 88 valence electrons. The molecule has 1 unspecified atom stereocenters. The van der Waals surface area contributed by atoms with Crippen molar-refractivity contribution in [3.8, 4) is 0 Å². The van der Waals surface area contributed by atoms with Crippen LogP contribution < -0.4 is 5.32 Å². The Morgan fingerprint density at radius 1 is 1.40 bits per heavy atom. The van der Waals surface area contributed by atoms with Crippen LogP contribution in [0.4, 0.5) is 0 Å². The lowest BCUT2D eigenvalue weighted by atomic mass is 9.78. The van der Waals surface area contributed by atoms with E-state index in [9.17, 15) is 4.79 Å². The maximum absolute atomic E-state index is 11.9. The van der Waals surface area contributed by atoms with Gasteiger partial charge in [-0.25, -0.2) is 0 Å². The monoisotopic (exact) mass is 214 g/mol. The molecule has 0 radical (unpaired) electrons. The van der Waals surface area contributed by atoms with E-state index in [1.54, 1.807) is 0 Å². The second-order valence-corrected chi connectivity index (χ2v) is 4.56. The molecule has 1 fully saturated rings. The van der Waals surface area contributed by atoms with Crippen LogP contribution in [0, 0.1) is 5.92 Å². The first-order chi connectivity index (χ1) is 7.03. The van der Waals surface area contributed by atoms with Crippen LogP contribution in [-0.2, 0) is 9.53 Å². The highest BCUT2D eigenvalue weighted by Gasteiger charge is 2.44.